The Morgan fingerprint density at radius 1 is 0.737 bits per heavy atom. The second kappa shape index (κ2) is 8.53. The summed E-state index contributed by atoms with van der Waals surface area (Å²) in [6.07, 6.45) is 3.40. The lowest BCUT2D eigenvalue weighted by Crippen LogP contribution is -1.90. The molecule has 0 atom stereocenters. The summed E-state index contributed by atoms with van der Waals surface area (Å²) in [5.74, 6) is 0. The summed E-state index contributed by atoms with van der Waals surface area (Å²) in [6, 6.07) is 17.7. The highest BCUT2D eigenvalue weighted by Gasteiger charge is 1.97. The van der Waals surface area contributed by atoms with Crippen molar-refractivity contribution in [2.45, 2.75) is 47.0 Å². The number of hydrogen-bond donors (Lipinski definition) is 0. The Morgan fingerprint density at radius 3 is 1.89 bits per heavy atom. The molecule has 0 aliphatic heterocycles. The molecule has 0 saturated carbocycles. The van der Waals surface area contributed by atoms with Crippen molar-refractivity contribution in [2.24, 2.45) is 0 Å². The predicted molar refractivity (Wildman–Crippen MR) is 85.8 cm³/mol. The van der Waals surface area contributed by atoms with E-state index in [1.54, 1.807) is 0 Å². The molecule has 2 rings (SSSR count). The molecule has 0 nitrogen and oxygen atoms in total. The molecule has 0 saturated heterocycles. The lowest BCUT2D eigenvalue weighted by molar-refractivity contribution is 1.09. The second-order valence-corrected chi connectivity index (χ2v) is 5.04. The van der Waals surface area contributed by atoms with Crippen molar-refractivity contribution in [2.75, 3.05) is 0 Å². The Kier molecular flexibility index (Phi) is 6.95. The summed E-state index contributed by atoms with van der Waals surface area (Å²) in [5, 5.41) is 0. The first kappa shape index (κ1) is 15.5. The molecule has 0 unspecified atom stereocenters. The molecular weight excluding hydrogens is 228 g/mol. The average molecular weight is 254 g/mol. The smallest absolute Gasteiger partial charge is 0.00257 e. The third-order valence-electron chi connectivity index (χ3n) is 2.93. The standard InChI is InChI=1S/C16H18.C3H8/c1-3-14-5-4-6-16(11-14)12-15-9-7-13(2)8-10-15;1-3-2/h4-11H,3,12H2,1-2H3;3H2,1-2H3. The quantitative estimate of drug-likeness (QED) is 0.672. The van der Waals surface area contributed by atoms with Crippen LogP contribution in [0.5, 0.6) is 0 Å². The zero-order valence-corrected chi connectivity index (χ0v) is 12.7. The second-order valence-electron chi connectivity index (χ2n) is 5.04. The summed E-state index contributed by atoms with van der Waals surface area (Å²) in [4.78, 5) is 0. The Morgan fingerprint density at radius 2 is 1.32 bits per heavy atom. The van der Waals surface area contributed by atoms with Crippen molar-refractivity contribution in [1.82, 2.24) is 0 Å². The maximum absolute atomic E-state index is 2.31. The van der Waals surface area contributed by atoms with E-state index in [2.05, 4.69) is 76.2 Å². The molecular formula is C19H26. The van der Waals surface area contributed by atoms with Gasteiger partial charge in [0.05, 0.1) is 0 Å². The fourth-order valence-electron chi connectivity index (χ4n) is 1.90. The normalized spacial score (nSPS) is 9.68. The van der Waals surface area contributed by atoms with Crippen molar-refractivity contribution in [1.29, 1.82) is 0 Å². The third kappa shape index (κ3) is 5.74. The minimum atomic E-state index is 1.04. The van der Waals surface area contributed by atoms with Crippen LogP contribution in [0.25, 0.3) is 0 Å². The monoisotopic (exact) mass is 254 g/mol. The highest BCUT2D eigenvalue weighted by molar-refractivity contribution is 5.30. The zero-order valence-electron chi connectivity index (χ0n) is 12.7. The van der Waals surface area contributed by atoms with Gasteiger partial charge in [-0.2, -0.15) is 0 Å². The molecule has 2 aromatic carbocycles. The zero-order chi connectivity index (χ0) is 14.1. The Bertz CT molecular complexity index is 466. The van der Waals surface area contributed by atoms with Crippen LogP contribution < -0.4 is 0 Å². The van der Waals surface area contributed by atoms with Crippen LogP contribution in [0.4, 0.5) is 0 Å². The van der Waals surface area contributed by atoms with Crippen LogP contribution in [-0.2, 0) is 12.8 Å². The van der Waals surface area contributed by atoms with E-state index in [4.69, 9.17) is 0 Å². The van der Waals surface area contributed by atoms with Gasteiger partial charge in [-0.15, -0.1) is 0 Å². The van der Waals surface area contributed by atoms with E-state index in [9.17, 15) is 0 Å². The van der Waals surface area contributed by atoms with E-state index in [1.165, 1.54) is 28.7 Å². The van der Waals surface area contributed by atoms with Gasteiger partial charge in [-0.3, -0.25) is 0 Å². The van der Waals surface area contributed by atoms with Gasteiger partial charge in [-0.1, -0.05) is 81.3 Å². The van der Waals surface area contributed by atoms with Gasteiger partial charge < -0.3 is 0 Å². The molecule has 19 heavy (non-hydrogen) atoms. The van der Waals surface area contributed by atoms with Gasteiger partial charge in [0.25, 0.3) is 0 Å². The molecule has 0 aliphatic carbocycles. The summed E-state index contributed by atoms with van der Waals surface area (Å²) in [7, 11) is 0. The average Bonchev–Trinajstić information content (AvgIpc) is 2.43. The topological polar surface area (TPSA) is 0 Å². The molecule has 102 valence electrons. The number of hydrogen-bond acceptors (Lipinski definition) is 0. The first-order valence-electron chi connectivity index (χ1n) is 7.32. The Hall–Kier alpha value is -1.56. The van der Waals surface area contributed by atoms with E-state index >= 15 is 0 Å². The molecule has 0 aromatic heterocycles. The molecule has 0 spiro atoms. The summed E-state index contributed by atoms with van der Waals surface area (Å²) >= 11 is 0. The molecule has 0 fully saturated rings. The number of benzene rings is 2. The fraction of sp³-hybridized carbons (Fsp3) is 0.368. The van der Waals surface area contributed by atoms with E-state index in [0.717, 1.165) is 12.8 Å². The fourth-order valence-corrected chi connectivity index (χ4v) is 1.90. The van der Waals surface area contributed by atoms with Gasteiger partial charge in [-0.05, 0) is 36.5 Å². The summed E-state index contributed by atoms with van der Waals surface area (Å²) < 4.78 is 0. The first-order valence-corrected chi connectivity index (χ1v) is 7.32. The van der Waals surface area contributed by atoms with Gasteiger partial charge >= 0.3 is 0 Å². The molecule has 0 radical (unpaired) electrons. The molecule has 2 aromatic rings. The van der Waals surface area contributed by atoms with E-state index < -0.39 is 0 Å². The highest BCUT2D eigenvalue weighted by atomic mass is 14.0. The molecule has 0 amide bonds. The number of rotatable bonds is 3. The van der Waals surface area contributed by atoms with Crippen LogP contribution in [0, 0.1) is 6.92 Å². The van der Waals surface area contributed by atoms with Gasteiger partial charge in [0.1, 0.15) is 0 Å². The van der Waals surface area contributed by atoms with Crippen molar-refractivity contribution in [3.8, 4) is 0 Å². The highest BCUT2D eigenvalue weighted by Crippen LogP contribution is 2.12. The van der Waals surface area contributed by atoms with Crippen LogP contribution >= 0.6 is 0 Å². The van der Waals surface area contributed by atoms with Gasteiger partial charge in [-0.25, -0.2) is 0 Å². The number of aryl methyl sites for hydroxylation is 2. The lowest BCUT2D eigenvalue weighted by Gasteiger charge is -2.04. The largest absolute Gasteiger partial charge is 0.0656 e. The summed E-state index contributed by atoms with van der Waals surface area (Å²) in [6.45, 7) is 8.58. The molecule has 0 bridgehead atoms. The van der Waals surface area contributed by atoms with Crippen LogP contribution in [0.1, 0.15) is 49.4 Å². The summed E-state index contributed by atoms with van der Waals surface area (Å²) in [5.41, 5.74) is 5.54. The molecule has 0 N–H and O–H groups in total. The van der Waals surface area contributed by atoms with Gasteiger partial charge in [0, 0.05) is 0 Å². The Balaban J connectivity index is 0.000000550. The van der Waals surface area contributed by atoms with Crippen molar-refractivity contribution < 1.29 is 0 Å². The lowest BCUT2D eigenvalue weighted by atomic mass is 10.0. The van der Waals surface area contributed by atoms with Gasteiger partial charge in [0.2, 0.25) is 0 Å². The first-order chi connectivity index (χ1) is 9.19. The van der Waals surface area contributed by atoms with Crippen LogP contribution in [0.15, 0.2) is 48.5 Å². The predicted octanol–water partition coefficient (Wildman–Crippen LogP) is 5.56. The van der Waals surface area contributed by atoms with Gasteiger partial charge in [0.15, 0.2) is 0 Å². The Labute approximate surface area is 118 Å². The maximum Gasteiger partial charge on any atom is -0.00257 e. The SMILES string of the molecule is CCC.CCc1cccc(Cc2ccc(C)cc2)c1. The third-order valence-corrected chi connectivity index (χ3v) is 2.93. The van der Waals surface area contributed by atoms with Crippen LogP contribution in [-0.4, -0.2) is 0 Å². The van der Waals surface area contributed by atoms with E-state index in [1.807, 2.05) is 0 Å². The molecule has 0 heterocycles. The molecule has 0 aliphatic rings. The maximum atomic E-state index is 2.31. The van der Waals surface area contributed by atoms with Crippen molar-refractivity contribution in [3.63, 3.8) is 0 Å². The van der Waals surface area contributed by atoms with Crippen LogP contribution in [0.2, 0.25) is 0 Å². The minimum absolute atomic E-state index is 1.04. The van der Waals surface area contributed by atoms with Crippen molar-refractivity contribution >= 4 is 0 Å². The molecule has 0 heteroatoms. The minimum Gasteiger partial charge on any atom is -0.0656 e. The van der Waals surface area contributed by atoms with E-state index in [-0.39, 0.29) is 0 Å². The van der Waals surface area contributed by atoms with E-state index in [0.29, 0.717) is 0 Å². The van der Waals surface area contributed by atoms with Crippen molar-refractivity contribution in [3.05, 3.63) is 70.8 Å². The van der Waals surface area contributed by atoms with Crippen LogP contribution in [0.3, 0.4) is 0 Å².